The summed E-state index contributed by atoms with van der Waals surface area (Å²) in [5, 5.41) is 20.8. The SMILES string of the molecule is COc1ccc(S(=O)(=O)C/C(C)=C/Cc2c(C)c(O)c(OC)c(OC)c2O)cc1. The smallest absolute Gasteiger partial charge is 0.207 e. The summed E-state index contributed by atoms with van der Waals surface area (Å²) in [5.41, 5.74) is 1.47. The van der Waals surface area contributed by atoms with Crippen LogP contribution < -0.4 is 14.2 Å². The lowest BCUT2D eigenvalue weighted by atomic mass is 10.0. The minimum atomic E-state index is -3.52. The van der Waals surface area contributed by atoms with Crippen molar-refractivity contribution in [3.8, 4) is 28.7 Å². The van der Waals surface area contributed by atoms with Gasteiger partial charge in [-0.15, -0.1) is 0 Å². The van der Waals surface area contributed by atoms with Gasteiger partial charge in [0, 0.05) is 11.1 Å². The van der Waals surface area contributed by atoms with Gasteiger partial charge < -0.3 is 24.4 Å². The van der Waals surface area contributed by atoms with Crippen LogP contribution in [0.15, 0.2) is 40.8 Å². The van der Waals surface area contributed by atoms with Gasteiger partial charge in [0.15, 0.2) is 21.3 Å². The topological polar surface area (TPSA) is 102 Å². The molecular formula is C21H26O7S. The van der Waals surface area contributed by atoms with E-state index in [2.05, 4.69) is 0 Å². The summed E-state index contributed by atoms with van der Waals surface area (Å²) < 4.78 is 40.5. The number of methoxy groups -OCH3 is 3. The first-order valence-corrected chi connectivity index (χ1v) is 10.5. The lowest BCUT2D eigenvalue weighted by Gasteiger charge is -2.17. The van der Waals surface area contributed by atoms with E-state index < -0.39 is 9.84 Å². The van der Waals surface area contributed by atoms with Crippen LogP contribution in [0.3, 0.4) is 0 Å². The quantitative estimate of drug-likeness (QED) is 0.496. The highest BCUT2D eigenvalue weighted by Gasteiger charge is 2.23. The summed E-state index contributed by atoms with van der Waals surface area (Å²) in [6.45, 7) is 3.34. The zero-order valence-corrected chi connectivity index (χ0v) is 18.0. The molecule has 0 spiro atoms. The molecule has 29 heavy (non-hydrogen) atoms. The van der Waals surface area contributed by atoms with E-state index >= 15 is 0 Å². The third-order valence-electron chi connectivity index (χ3n) is 4.63. The molecule has 7 nitrogen and oxygen atoms in total. The Labute approximate surface area is 171 Å². The van der Waals surface area contributed by atoms with E-state index in [-0.39, 0.29) is 40.1 Å². The Balaban J connectivity index is 2.28. The number of benzene rings is 2. The summed E-state index contributed by atoms with van der Waals surface area (Å²) >= 11 is 0. The van der Waals surface area contributed by atoms with Crippen molar-refractivity contribution in [1.82, 2.24) is 0 Å². The van der Waals surface area contributed by atoms with E-state index in [1.54, 1.807) is 32.1 Å². The van der Waals surface area contributed by atoms with Gasteiger partial charge in [0.1, 0.15) is 5.75 Å². The standard InChI is InChI=1S/C21H26O7S/c1-13(12-29(24,25)16-9-7-15(26-3)8-10-16)6-11-17-14(2)18(22)20(27-4)21(28-5)19(17)23/h6-10,22-23H,11-12H2,1-5H3/b13-6+. The molecule has 0 heterocycles. The predicted octanol–water partition coefficient (Wildman–Crippen LogP) is 3.39. The highest BCUT2D eigenvalue weighted by Crippen LogP contribution is 2.48. The number of allylic oxidation sites excluding steroid dienone is 1. The van der Waals surface area contributed by atoms with Crippen LogP contribution in [0, 0.1) is 6.92 Å². The molecule has 0 amide bonds. The molecule has 8 heteroatoms. The molecule has 0 aliphatic carbocycles. The predicted molar refractivity (Wildman–Crippen MR) is 110 cm³/mol. The van der Waals surface area contributed by atoms with E-state index in [0.717, 1.165) is 0 Å². The lowest BCUT2D eigenvalue weighted by molar-refractivity contribution is 0.314. The number of rotatable bonds is 8. The van der Waals surface area contributed by atoms with E-state index in [9.17, 15) is 18.6 Å². The molecule has 2 aromatic carbocycles. The Hall–Kier alpha value is -2.87. The summed E-state index contributed by atoms with van der Waals surface area (Å²) in [7, 11) is 0.717. The summed E-state index contributed by atoms with van der Waals surface area (Å²) in [6.07, 6.45) is 1.92. The Kier molecular flexibility index (Phi) is 7.02. The Bertz CT molecular complexity index is 1010. The number of hydrogen-bond donors (Lipinski definition) is 2. The second-order valence-corrected chi connectivity index (χ2v) is 8.55. The maximum atomic E-state index is 12.6. The van der Waals surface area contributed by atoms with Crippen molar-refractivity contribution in [3.63, 3.8) is 0 Å². The number of aromatic hydroxyl groups is 2. The molecule has 0 fully saturated rings. The number of phenolic OH excluding ortho intramolecular Hbond substituents is 2. The van der Waals surface area contributed by atoms with E-state index in [1.165, 1.54) is 33.5 Å². The van der Waals surface area contributed by atoms with Crippen molar-refractivity contribution in [2.45, 2.75) is 25.2 Å². The molecule has 0 aromatic heterocycles. The number of hydrogen-bond acceptors (Lipinski definition) is 7. The largest absolute Gasteiger partial charge is 0.504 e. The van der Waals surface area contributed by atoms with Crippen molar-refractivity contribution in [2.75, 3.05) is 27.1 Å². The molecule has 2 N–H and O–H groups in total. The summed E-state index contributed by atoms with van der Waals surface area (Å²) in [6, 6.07) is 6.20. The Morgan fingerprint density at radius 1 is 0.966 bits per heavy atom. The van der Waals surface area contributed by atoms with Crippen LogP contribution in [0.5, 0.6) is 28.7 Å². The van der Waals surface area contributed by atoms with Crippen LogP contribution in [-0.2, 0) is 16.3 Å². The molecule has 0 unspecified atom stereocenters. The molecule has 0 bridgehead atoms. The van der Waals surface area contributed by atoms with E-state index in [1.807, 2.05) is 0 Å². The van der Waals surface area contributed by atoms with Gasteiger partial charge >= 0.3 is 0 Å². The van der Waals surface area contributed by atoms with Gasteiger partial charge in [0.25, 0.3) is 0 Å². The fourth-order valence-corrected chi connectivity index (χ4v) is 4.41. The average molecular weight is 422 g/mol. The minimum Gasteiger partial charge on any atom is -0.504 e. The van der Waals surface area contributed by atoms with Gasteiger partial charge in [0.2, 0.25) is 11.5 Å². The summed E-state index contributed by atoms with van der Waals surface area (Å²) in [5.74, 6) is 0.209. The maximum Gasteiger partial charge on any atom is 0.207 e. The molecule has 158 valence electrons. The van der Waals surface area contributed by atoms with Gasteiger partial charge in [-0.25, -0.2) is 8.42 Å². The summed E-state index contributed by atoms with van der Waals surface area (Å²) in [4.78, 5) is 0.203. The maximum absolute atomic E-state index is 12.6. The zero-order valence-electron chi connectivity index (χ0n) is 17.1. The zero-order chi connectivity index (χ0) is 21.8. The Morgan fingerprint density at radius 2 is 1.52 bits per heavy atom. The van der Waals surface area contributed by atoms with Gasteiger partial charge in [-0.1, -0.05) is 11.6 Å². The first-order valence-electron chi connectivity index (χ1n) is 8.84. The molecule has 2 aromatic rings. The molecule has 0 aliphatic rings. The third-order valence-corrected chi connectivity index (χ3v) is 6.46. The van der Waals surface area contributed by atoms with Crippen LogP contribution in [0.2, 0.25) is 0 Å². The average Bonchev–Trinajstić information content (AvgIpc) is 2.70. The molecule has 0 radical (unpaired) electrons. The van der Waals surface area contributed by atoms with Crippen LogP contribution in [0.25, 0.3) is 0 Å². The lowest BCUT2D eigenvalue weighted by Crippen LogP contribution is -2.08. The molecule has 0 atom stereocenters. The van der Waals surface area contributed by atoms with Gasteiger partial charge in [-0.3, -0.25) is 0 Å². The first kappa shape index (κ1) is 22.4. The number of ether oxygens (including phenoxy) is 3. The fourth-order valence-electron chi connectivity index (χ4n) is 2.97. The van der Waals surface area contributed by atoms with Crippen LogP contribution in [0.1, 0.15) is 18.1 Å². The van der Waals surface area contributed by atoms with E-state index in [0.29, 0.717) is 22.4 Å². The van der Waals surface area contributed by atoms with Crippen molar-refractivity contribution < 1.29 is 32.8 Å². The van der Waals surface area contributed by atoms with Crippen LogP contribution in [0.4, 0.5) is 0 Å². The van der Waals surface area contributed by atoms with Gasteiger partial charge in [0.05, 0.1) is 32.0 Å². The van der Waals surface area contributed by atoms with Crippen molar-refractivity contribution in [2.24, 2.45) is 0 Å². The van der Waals surface area contributed by atoms with Crippen molar-refractivity contribution in [1.29, 1.82) is 0 Å². The van der Waals surface area contributed by atoms with Crippen molar-refractivity contribution >= 4 is 9.84 Å². The van der Waals surface area contributed by atoms with Gasteiger partial charge in [-0.2, -0.15) is 0 Å². The normalized spacial score (nSPS) is 12.0. The van der Waals surface area contributed by atoms with Gasteiger partial charge in [-0.05, 0) is 44.5 Å². The second kappa shape index (κ2) is 9.09. The third kappa shape index (κ3) is 4.76. The highest BCUT2D eigenvalue weighted by molar-refractivity contribution is 7.91. The highest BCUT2D eigenvalue weighted by atomic mass is 32.2. The molecular weight excluding hydrogens is 396 g/mol. The monoisotopic (exact) mass is 422 g/mol. The molecule has 0 saturated heterocycles. The molecule has 2 rings (SSSR count). The first-order chi connectivity index (χ1) is 13.7. The fraction of sp³-hybridized carbons (Fsp3) is 0.333. The number of sulfone groups is 1. The second-order valence-electron chi connectivity index (χ2n) is 6.56. The van der Waals surface area contributed by atoms with E-state index in [4.69, 9.17) is 14.2 Å². The van der Waals surface area contributed by atoms with Crippen LogP contribution >= 0.6 is 0 Å². The number of phenols is 2. The van der Waals surface area contributed by atoms with Crippen molar-refractivity contribution in [3.05, 3.63) is 47.0 Å². The minimum absolute atomic E-state index is 0.0301. The molecule has 0 aliphatic heterocycles. The Morgan fingerprint density at radius 3 is 2.03 bits per heavy atom. The van der Waals surface area contributed by atoms with Crippen LogP contribution in [-0.4, -0.2) is 45.7 Å². The molecule has 0 saturated carbocycles.